The van der Waals surface area contributed by atoms with Crippen LogP contribution < -0.4 is 24.4 Å². The van der Waals surface area contributed by atoms with Gasteiger partial charge in [-0.15, -0.1) is 0 Å². The molecule has 0 radical (unpaired) electrons. The van der Waals surface area contributed by atoms with Crippen LogP contribution in [-0.4, -0.2) is 27.3 Å². The molecule has 0 aliphatic heterocycles. The fraction of sp³-hybridized carbons (Fsp3) is 0.185. The van der Waals surface area contributed by atoms with Crippen LogP contribution in [-0.2, 0) is 0 Å². The predicted octanol–water partition coefficient (Wildman–Crippen LogP) is 5.98. The average Bonchev–Trinajstić information content (AvgIpc) is 2.86. The third-order valence-electron chi connectivity index (χ3n) is 5.67. The molecule has 4 aromatic rings. The summed E-state index contributed by atoms with van der Waals surface area (Å²) in [6.45, 7) is 3.82. The average molecular weight is 495 g/mol. The zero-order chi connectivity index (χ0) is 25.3. The van der Waals surface area contributed by atoms with E-state index in [2.05, 4.69) is 0 Å². The summed E-state index contributed by atoms with van der Waals surface area (Å²) in [7, 11) is 4.33. The van der Waals surface area contributed by atoms with Crippen LogP contribution in [0.4, 0.5) is 0 Å². The summed E-state index contributed by atoms with van der Waals surface area (Å²) < 4.78 is 27.7. The highest BCUT2D eigenvalue weighted by atomic mass is 35.5. The molecule has 35 heavy (non-hydrogen) atoms. The maximum atomic E-state index is 13.5. The van der Waals surface area contributed by atoms with Crippen molar-refractivity contribution < 1.29 is 28.2 Å². The number of carbonyl (C=O) groups excluding carboxylic acids is 1. The van der Waals surface area contributed by atoms with Crippen LogP contribution in [0.1, 0.15) is 21.5 Å². The maximum absolute atomic E-state index is 13.5. The third kappa shape index (κ3) is 4.55. The Labute approximate surface area is 206 Å². The molecule has 0 aliphatic rings. The highest BCUT2D eigenvalue weighted by Crippen LogP contribution is 2.39. The molecule has 0 aliphatic carbocycles. The van der Waals surface area contributed by atoms with Crippen LogP contribution in [0.3, 0.4) is 0 Å². The van der Waals surface area contributed by atoms with Gasteiger partial charge in [-0.25, -0.2) is 4.79 Å². The minimum atomic E-state index is -0.796. The van der Waals surface area contributed by atoms with Crippen LogP contribution in [0.15, 0.2) is 57.7 Å². The molecule has 0 amide bonds. The van der Waals surface area contributed by atoms with E-state index in [0.29, 0.717) is 27.3 Å². The van der Waals surface area contributed by atoms with E-state index in [9.17, 15) is 9.59 Å². The van der Waals surface area contributed by atoms with Gasteiger partial charge in [0.1, 0.15) is 5.58 Å². The molecule has 1 aromatic heterocycles. The van der Waals surface area contributed by atoms with E-state index in [0.717, 1.165) is 11.1 Å². The summed E-state index contributed by atoms with van der Waals surface area (Å²) in [5, 5.41) is 0.817. The van der Waals surface area contributed by atoms with Crippen molar-refractivity contribution >= 4 is 28.5 Å². The molecule has 0 saturated heterocycles. The lowest BCUT2D eigenvalue weighted by atomic mass is 10.0. The summed E-state index contributed by atoms with van der Waals surface area (Å²) in [5.74, 6) is -0.0498. The first-order chi connectivity index (χ1) is 16.8. The third-order valence-corrected chi connectivity index (χ3v) is 5.92. The molecule has 0 atom stereocenters. The van der Waals surface area contributed by atoms with Gasteiger partial charge in [-0.1, -0.05) is 11.6 Å². The molecule has 0 saturated carbocycles. The summed E-state index contributed by atoms with van der Waals surface area (Å²) in [6, 6.07) is 13.1. The van der Waals surface area contributed by atoms with Crippen molar-refractivity contribution in [3.8, 4) is 34.3 Å². The summed E-state index contributed by atoms with van der Waals surface area (Å²) in [6.07, 6.45) is 0. The molecule has 4 rings (SSSR count). The second-order valence-electron chi connectivity index (χ2n) is 7.83. The van der Waals surface area contributed by atoms with Gasteiger partial charge in [0.05, 0.1) is 32.3 Å². The Bertz CT molecular complexity index is 1460. The summed E-state index contributed by atoms with van der Waals surface area (Å²) in [4.78, 5) is 26.8. The SMILES string of the molecule is COc1cc(C(=O)Oc2c(-c3ccc(Cl)cc3)oc3cc(C)c(C)cc3c2=O)cc(OC)c1OC. The molecule has 0 spiro atoms. The highest BCUT2D eigenvalue weighted by molar-refractivity contribution is 6.30. The lowest BCUT2D eigenvalue weighted by Crippen LogP contribution is -2.17. The number of carbonyl (C=O) groups is 1. The smallest absolute Gasteiger partial charge is 0.344 e. The van der Waals surface area contributed by atoms with E-state index < -0.39 is 11.4 Å². The first-order valence-electron chi connectivity index (χ1n) is 10.6. The van der Waals surface area contributed by atoms with Gasteiger partial charge in [-0.3, -0.25) is 4.79 Å². The van der Waals surface area contributed by atoms with E-state index in [1.54, 1.807) is 36.4 Å². The van der Waals surface area contributed by atoms with Crippen LogP contribution in [0, 0.1) is 13.8 Å². The maximum Gasteiger partial charge on any atom is 0.344 e. The minimum Gasteiger partial charge on any atom is -0.493 e. The molecule has 0 unspecified atom stereocenters. The Morgan fingerprint density at radius 3 is 2.00 bits per heavy atom. The second kappa shape index (κ2) is 9.72. The number of benzene rings is 3. The van der Waals surface area contributed by atoms with E-state index >= 15 is 0 Å². The van der Waals surface area contributed by atoms with E-state index in [1.807, 2.05) is 13.8 Å². The van der Waals surface area contributed by atoms with Crippen molar-refractivity contribution in [1.29, 1.82) is 0 Å². The second-order valence-corrected chi connectivity index (χ2v) is 8.27. The van der Waals surface area contributed by atoms with Gasteiger partial charge in [-0.2, -0.15) is 0 Å². The Kier molecular flexibility index (Phi) is 6.71. The van der Waals surface area contributed by atoms with Gasteiger partial charge in [0.2, 0.25) is 16.9 Å². The monoisotopic (exact) mass is 494 g/mol. The number of aryl methyl sites for hydroxylation is 2. The van der Waals surface area contributed by atoms with Crippen molar-refractivity contribution in [2.75, 3.05) is 21.3 Å². The quantitative estimate of drug-likeness (QED) is 0.305. The van der Waals surface area contributed by atoms with E-state index in [4.69, 9.17) is 35.0 Å². The van der Waals surface area contributed by atoms with Crippen molar-refractivity contribution in [3.63, 3.8) is 0 Å². The first-order valence-corrected chi connectivity index (χ1v) is 11.0. The fourth-order valence-electron chi connectivity index (χ4n) is 3.67. The van der Waals surface area contributed by atoms with Crippen LogP contribution in [0.25, 0.3) is 22.3 Å². The van der Waals surface area contributed by atoms with E-state index in [1.165, 1.54) is 33.5 Å². The lowest BCUT2D eigenvalue weighted by Gasteiger charge is -2.15. The van der Waals surface area contributed by atoms with Gasteiger partial charge in [0.25, 0.3) is 0 Å². The molecule has 1 heterocycles. The molecule has 180 valence electrons. The molecule has 0 N–H and O–H groups in total. The topological polar surface area (TPSA) is 84.2 Å². The molecule has 0 fully saturated rings. The molecule has 0 bridgehead atoms. The molecule has 3 aromatic carbocycles. The first kappa shape index (κ1) is 24.2. The Morgan fingerprint density at radius 1 is 0.829 bits per heavy atom. The van der Waals surface area contributed by atoms with Crippen LogP contribution in [0.5, 0.6) is 23.0 Å². The number of ether oxygens (including phenoxy) is 4. The number of hydrogen-bond donors (Lipinski definition) is 0. The van der Waals surface area contributed by atoms with Crippen molar-refractivity contribution in [2.24, 2.45) is 0 Å². The molecule has 7 nitrogen and oxygen atoms in total. The highest BCUT2D eigenvalue weighted by Gasteiger charge is 2.24. The normalized spacial score (nSPS) is 10.8. The van der Waals surface area contributed by atoms with Crippen LogP contribution in [0.2, 0.25) is 5.02 Å². The van der Waals surface area contributed by atoms with Crippen LogP contribution >= 0.6 is 11.6 Å². The number of esters is 1. The standard InChI is InChI=1S/C27H23ClO7/c1-14-10-19-20(11-15(14)2)34-24(16-6-8-18(28)9-7-16)26(23(19)29)35-27(30)17-12-21(31-3)25(33-5)22(13-17)32-4/h6-13H,1-5H3. The fourth-order valence-corrected chi connectivity index (χ4v) is 3.79. The van der Waals surface area contributed by atoms with Gasteiger partial charge < -0.3 is 23.4 Å². The van der Waals surface area contributed by atoms with Crippen molar-refractivity contribution in [2.45, 2.75) is 13.8 Å². The van der Waals surface area contributed by atoms with E-state index in [-0.39, 0.29) is 28.6 Å². The molecule has 8 heteroatoms. The predicted molar refractivity (Wildman–Crippen MR) is 133 cm³/mol. The zero-order valence-corrected chi connectivity index (χ0v) is 20.6. The zero-order valence-electron chi connectivity index (χ0n) is 19.9. The van der Waals surface area contributed by atoms with Crippen molar-refractivity contribution in [1.82, 2.24) is 0 Å². The Balaban J connectivity index is 1.90. The number of rotatable bonds is 6. The largest absolute Gasteiger partial charge is 0.493 e. The Hall–Kier alpha value is -3.97. The number of fused-ring (bicyclic) bond motifs is 1. The Morgan fingerprint density at radius 2 is 1.43 bits per heavy atom. The lowest BCUT2D eigenvalue weighted by molar-refractivity contribution is 0.0730. The van der Waals surface area contributed by atoms with Crippen molar-refractivity contribution in [3.05, 3.63) is 80.5 Å². The summed E-state index contributed by atoms with van der Waals surface area (Å²) in [5.41, 5.74) is 2.41. The number of hydrogen-bond acceptors (Lipinski definition) is 7. The summed E-state index contributed by atoms with van der Waals surface area (Å²) >= 11 is 6.04. The van der Waals surface area contributed by atoms with Gasteiger partial charge in [0.15, 0.2) is 17.3 Å². The number of halogens is 1. The van der Waals surface area contributed by atoms with Gasteiger partial charge in [-0.05, 0) is 73.5 Å². The molecular weight excluding hydrogens is 472 g/mol. The van der Waals surface area contributed by atoms with Gasteiger partial charge >= 0.3 is 5.97 Å². The van der Waals surface area contributed by atoms with Gasteiger partial charge in [0, 0.05) is 10.6 Å². The minimum absolute atomic E-state index is 0.0983. The number of methoxy groups -OCH3 is 3. The molecular formula is C27H23ClO7.